The van der Waals surface area contributed by atoms with Gasteiger partial charge in [-0.15, -0.1) is 0 Å². The molecule has 2 aliphatic rings. The standard InChI is InChI=1S/C25H27N3O6/c1-16(24(32)28-11-10-27(14-23(30)31)22(29)13-28)12-26-25(33)34-15-21-19-8-4-2-6-17(19)18-7-3-5-9-20(18)21/h2-9,16,21H,10-15H2,1H3,(H,26,33)(H,30,31). The first kappa shape index (κ1) is 23.3. The number of aliphatic carboxylic acids is 1. The van der Waals surface area contributed by atoms with Gasteiger partial charge in [0, 0.05) is 25.6 Å². The molecule has 1 saturated heterocycles. The molecule has 1 aliphatic heterocycles. The molecule has 34 heavy (non-hydrogen) atoms. The van der Waals surface area contributed by atoms with Crippen molar-refractivity contribution in [3.8, 4) is 11.1 Å². The van der Waals surface area contributed by atoms with Gasteiger partial charge in [0.1, 0.15) is 13.2 Å². The average Bonchev–Trinajstić information content (AvgIpc) is 3.15. The fourth-order valence-corrected chi connectivity index (χ4v) is 4.51. The van der Waals surface area contributed by atoms with Crippen molar-refractivity contribution < 1.29 is 29.0 Å². The highest BCUT2D eigenvalue weighted by atomic mass is 16.5. The molecule has 0 radical (unpaired) electrons. The summed E-state index contributed by atoms with van der Waals surface area (Å²) in [6, 6.07) is 16.1. The molecule has 0 saturated carbocycles. The minimum absolute atomic E-state index is 0.0506. The molecule has 0 aromatic heterocycles. The first-order chi connectivity index (χ1) is 16.3. The third-order valence-corrected chi connectivity index (χ3v) is 6.27. The number of piperazine rings is 1. The fraction of sp³-hybridized carbons (Fsp3) is 0.360. The topological polar surface area (TPSA) is 116 Å². The molecular formula is C25H27N3O6. The van der Waals surface area contributed by atoms with Crippen molar-refractivity contribution in [3.05, 3.63) is 59.7 Å². The van der Waals surface area contributed by atoms with Crippen LogP contribution in [0.3, 0.4) is 0 Å². The first-order valence-corrected chi connectivity index (χ1v) is 11.2. The van der Waals surface area contributed by atoms with E-state index in [9.17, 15) is 19.2 Å². The number of nitrogens with one attached hydrogen (secondary N) is 1. The van der Waals surface area contributed by atoms with Crippen LogP contribution in [0.15, 0.2) is 48.5 Å². The molecule has 1 heterocycles. The summed E-state index contributed by atoms with van der Waals surface area (Å²) in [5.74, 6) is -2.38. The predicted molar refractivity (Wildman–Crippen MR) is 123 cm³/mol. The van der Waals surface area contributed by atoms with E-state index >= 15 is 0 Å². The van der Waals surface area contributed by atoms with Crippen molar-refractivity contribution in [3.63, 3.8) is 0 Å². The summed E-state index contributed by atoms with van der Waals surface area (Å²) < 4.78 is 5.49. The van der Waals surface area contributed by atoms with Gasteiger partial charge in [0.15, 0.2) is 0 Å². The molecule has 9 heteroatoms. The zero-order valence-corrected chi connectivity index (χ0v) is 18.9. The molecule has 9 nitrogen and oxygen atoms in total. The van der Waals surface area contributed by atoms with Crippen LogP contribution in [0.25, 0.3) is 11.1 Å². The third kappa shape index (κ3) is 4.88. The number of carboxylic acids is 1. The Bertz CT molecular complexity index is 1070. The van der Waals surface area contributed by atoms with Crippen LogP contribution in [0.2, 0.25) is 0 Å². The van der Waals surface area contributed by atoms with E-state index in [1.54, 1.807) is 6.92 Å². The fourth-order valence-electron chi connectivity index (χ4n) is 4.51. The van der Waals surface area contributed by atoms with Crippen LogP contribution in [-0.4, -0.2) is 78.1 Å². The molecule has 3 amide bonds. The second-order valence-corrected chi connectivity index (χ2v) is 8.58. The Balaban J connectivity index is 1.27. The van der Waals surface area contributed by atoms with Crippen molar-refractivity contribution in [1.82, 2.24) is 15.1 Å². The Hall–Kier alpha value is -3.88. The van der Waals surface area contributed by atoms with E-state index in [4.69, 9.17) is 9.84 Å². The van der Waals surface area contributed by atoms with Gasteiger partial charge in [-0.25, -0.2) is 4.79 Å². The molecular weight excluding hydrogens is 438 g/mol. The summed E-state index contributed by atoms with van der Waals surface area (Å²) in [5.41, 5.74) is 4.52. The Morgan fingerprint density at radius 2 is 1.68 bits per heavy atom. The molecule has 4 rings (SSSR count). The number of alkyl carbamates (subject to hydrolysis) is 1. The van der Waals surface area contributed by atoms with Crippen molar-refractivity contribution in [2.24, 2.45) is 5.92 Å². The Morgan fingerprint density at radius 1 is 1.06 bits per heavy atom. The summed E-state index contributed by atoms with van der Waals surface area (Å²) in [5, 5.41) is 11.5. The highest BCUT2D eigenvalue weighted by Gasteiger charge is 2.31. The molecule has 1 atom stereocenters. The number of hydrogen-bond acceptors (Lipinski definition) is 5. The van der Waals surface area contributed by atoms with Gasteiger partial charge in [-0.1, -0.05) is 55.5 Å². The summed E-state index contributed by atoms with van der Waals surface area (Å²) >= 11 is 0. The number of ether oxygens (including phenoxy) is 1. The van der Waals surface area contributed by atoms with Gasteiger partial charge in [-0.3, -0.25) is 14.4 Å². The maximum atomic E-state index is 12.7. The van der Waals surface area contributed by atoms with Gasteiger partial charge in [-0.2, -0.15) is 0 Å². The van der Waals surface area contributed by atoms with Crippen LogP contribution >= 0.6 is 0 Å². The van der Waals surface area contributed by atoms with Crippen LogP contribution in [0.1, 0.15) is 24.0 Å². The molecule has 1 fully saturated rings. The van der Waals surface area contributed by atoms with E-state index in [-0.39, 0.29) is 51.2 Å². The van der Waals surface area contributed by atoms with Crippen LogP contribution in [0.5, 0.6) is 0 Å². The number of amides is 3. The van der Waals surface area contributed by atoms with E-state index in [0.717, 1.165) is 22.3 Å². The SMILES string of the molecule is CC(CNC(=O)OCC1c2ccccc2-c2ccccc21)C(=O)N1CCN(CC(=O)O)C(=O)C1. The average molecular weight is 466 g/mol. The number of rotatable bonds is 7. The van der Waals surface area contributed by atoms with E-state index in [2.05, 4.69) is 17.4 Å². The number of hydrogen-bond donors (Lipinski definition) is 2. The normalized spacial score (nSPS) is 16.0. The monoisotopic (exact) mass is 465 g/mol. The van der Waals surface area contributed by atoms with E-state index < -0.39 is 23.9 Å². The number of carbonyl (C=O) groups is 4. The van der Waals surface area contributed by atoms with Gasteiger partial charge < -0.3 is 25.0 Å². The van der Waals surface area contributed by atoms with Crippen LogP contribution in [-0.2, 0) is 19.1 Å². The van der Waals surface area contributed by atoms with Gasteiger partial charge in [-0.05, 0) is 22.3 Å². The lowest BCUT2D eigenvalue weighted by molar-refractivity contribution is -0.151. The Morgan fingerprint density at radius 3 is 2.26 bits per heavy atom. The van der Waals surface area contributed by atoms with Gasteiger partial charge in [0.25, 0.3) is 0 Å². The molecule has 2 aromatic carbocycles. The van der Waals surface area contributed by atoms with Crippen molar-refractivity contribution in [1.29, 1.82) is 0 Å². The summed E-state index contributed by atoms with van der Waals surface area (Å²) in [6.45, 7) is 1.80. The van der Waals surface area contributed by atoms with Crippen molar-refractivity contribution in [2.45, 2.75) is 12.8 Å². The highest BCUT2D eigenvalue weighted by molar-refractivity contribution is 5.89. The van der Waals surface area contributed by atoms with Crippen LogP contribution < -0.4 is 5.32 Å². The van der Waals surface area contributed by atoms with E-state index in [1.807, 2.05) is 36.4 Å². The smallest absolute Gasteiger partial charge is 0.407 e. The predicted octanol–water partition coefficient (Wildman–Crippen LogP) is 1.92. The maximum absolute atomic E-state index is 12.7. The van der Waals surface area contributed by atoms with Crippen LogP contribution in [0, 0.1) is 5.92 Å². The molecule has 178 valence electrons. The quantitative estimate of drug-likeness (QED) is 0.645. The molecule has 1 unspecified atom stereocenters. The second kappa shape index (κ2) is 9.94. The molecule has 1 aliphatic carbocycles. The Kier molecular flexibility index (Phi) is 6.81. The minimum atomic E-state index is -1.09. The third-order valence-electron chi connectivity index (χ3n) is 6.27. The van der Waals surface area contributed by atoms with Gasteiger partial charge in [0.2, 0.25) is 11.8 Å². The minimum Gasteiger partial charge on any atom is -0.480 e. The van der Waals surface area contributed by atoms with E-state index in [1.165, 1.54) is 9.80 Å². The number of fused-ring (bicyclic) bond motifs is 3. The van der Waals surface area contributed by atoms with Gasteiger partial charge in [0.05, 0.1) is 12.5 Å². The lowest BCUT2D eigenvalue weighted by Crippen LogP contribution is -2.55. The lowest BCUT2D eigenvalue weighted by atomic mass is 9.98. The van der Waals surface area contributed by atoms with Crippen molar-refractivity contribution in [2.75, 3.05) is 39.3 Å². The zero-order valence-electron chi connectivity index (χ0n) is 18.9. The summed E-state index contributed by atoms with van der Waals surface area (Å²) in [6.07, 6.45) is -0.608. The maximum Gasteiger partial charge on any atom is 0.407 e. The second-order valence-electron chi connectivity index (χ2n) is 8.58. The molecule has 2 aromatic rings. The highest BCUT2D eigenvalue weighted by Crippen LogP contribution is 2.44. The molecule has 0 spiro atoms. The number of benzene rings is 2. The number of carboxylic acid groups (broad SMARTS) is 1. The summed E-state index contributed by atoms with van der Waals surface area (Å²) in [4.78, 5) is 50.5. The largest absolute Gasteiger partial charge is 0.480 e. The number of nitrogens with zero attached hydrogens (tertiary/aromatic N) is 2. The summed E-state index contributed by atoms with van der Waals surface area (Å²) in [7, 11) is 0. The first-order valence-electron chi connectivity index (χ1n) is 11.2. The van der Waals surface area contributed by atoms with Crippen molar-refractivity contribution >= 4 is 23.9 Å². The van der Waals surface area contributed by atoms with Gasteiger partial charge >= 0.3 is 12.1 Å². The van der Waals surface area contributed by atoms with Crippen LogP contribution in [0.4, 0.5) is 4.79 Å². The Labute approximate surface area is 197 Å². The zero-order chi connectivity index (χ0) is 24.2. The molecule has 2 N–H and O–H groups in total. The number of carbonyl (C=O) groups excluding carboxylic acids is 3. The lowest BCUT2D eigenvalue weighted by Gasteiger charge is -2.34. The van der Waals surface area contributed by atoms with E-state index in [0.29, 0.717) is 0 Å². The molecule has 0 bridgehead atoms.